The maximum atomic E-state index is 13.9. The summed E-state index contributed by atoms with van der Waals surface area (Å²) in [5.41, 5.74) is 3.26. The summed E-state index contributed by atoms with van der Waals surface area (Å²) in [6, 6.07) is 0. The van der Waals surface area contributed by atoms with Gasteiger partial charge in [0.1, 0.15) is 0 Å². The highest BCUT2D eigenvalue weighted by Gasteiger charge is 2.44. The third kappa shape index (κ3) is 1.76. The Kier molecular flexibility index (Phi) is 2.40. The van der Waals surface area contributed by atoms with Crippen LogP contribution in [0.2, 0.25) is 0 Å². The summed E-state index contributed by atoms with van der Waals surface area (Å²) in [4.78, 5) is 10.9. The Morgan fingerprint density at radius 1 is 1.67 bits per heavy atom. The average Bonchev–Trinajstić information content (AvgIpc) is 2.70. The molecule has 1 rings (SSSR count). The van der Waals surface area contributed by atoms with E-state index >= 15 is 0 Å². The van der Waals surface area contributed by atoms with E-state index in [1.165, 1.54) is 0 Å². The second kappa shape index (κ2) is 3.04. The molecule has 1 atom stereocenters. The molecule has 12 heavy (non-hydrogen) atoms. The third-order valence-electron chi connectivity index (χ3n) is 2.61. The Labute approximate surface area is 72.3 Å². The highest BCUT2D eigenvalue weighted by atomic mass is 19.1. The number of hydrogen-bond acceptors (Lipinski definition) is 1. The molecule has 0 aromatic carbocycles. The van der Waals surface area contributed by atoms with Crippen molar-refractivity contribution in [1.82, 2.24) is 0 Å². The quantitative estimate of drug-likeness (QED) is 0.690. The van der Waals surface area contributed by atoms with E-state index in [2.05, 4.69) is 0 Å². The SMILES string of the molecule is CC(C)C(F)(CC1CC1)C(N)=O. The van der Waals surface area contributed by atoms with E-state index in [9.17, 15) is 9.18 Å². The molecule has 70 valence electrons. The summed E-state index contributed by atoms with van der Waals surface area (Å²) >= 11 is 0. The minimum atomic E-state index is -1.78. The van der Waals surface area contributed by atoms with E-state index in [0.29, 0.717) is 12.3 Å². The number of hydrogen-bond donors (Lipinski definition) is 1. The Balaban J connectivity index is 2.62. The molecule has 0 aromatic heterocycles. The monoisotopic (exact) mass is 173 g/mol. The maximum Gasteiger partial charge on any atom is 0.255 e. The van der Waals surface area contributed by atoms with E-state index in [0.717, 1.165) is 12.8 Å². The molecule has 2 N–H and O–H groups in total. The fourth-order valence-corrected chi connectivity index (χ4v) is 1.36. The van der Waals surface area contributed by atoms with E-state index in [1.54, 1.807) is 13.8 Å². The van der Waals surface area contributed by atoms with E-state index in [4.69, 9.17) is 5.73 Å². The lowest BCUT2D eigenvalue weighted by Crippen LogP contribution is -2.44. The van der Waals surface area contributed by atoms with Gasteiger partial charge in [0.25, 0.3) is 5.91 Å². The summed E-state index contributed by atoms with van der Waals surface area (Å²) in [7, 11) is 0. The van der Waals surface area contributed by atoms with Gasteiger partial charge >= 0.3 is 0 Å². The largest absolute Gasteiger partial charge is 0.367 e. The van der Waals surface area contributed by atoms with Crippen LogP contribution in [0.3, 0.4) is 0 Å². The van der Waals surface area contributed by atoms with Gasteiger partial charge in [-0.15, -0.1) is 0 Å². The van der Waals surface area contributed by atoms with Crippen LogP contribution in [0.5, 0.6) is 0 Å². The lowest BCUT2D eigenvalue weighted by atomic mass is 9.86. The molecule has 3 heteroatoms. The first kappa shape index (κ1) is 9.49. The molecule has 0 heterocycles. The first-order valence-corrected chi connectivity index (χ1v) is 4.45. The van der Waals surface area contributed by atoms with Gasteiger partial charge in [0, 0.05) is 0 Å². The van der Waals surface area contributed by atoms with Crippen LogP contribution in [0.25, 0.3) is 0 Å². The predicted molar refractivity (Wildman–Crippen MR) is 45.2 cm³/mol. The van der Waals surface area contributed by atoms with E-state index < -0.39 is 11.6 Å². The molecule has 1 fully saturated rings. The van der Waals surface area contributed by atoms with E-state index in [1.807, 2.05) is 0 Å². The molecule has 0 saturated heterocycles. The number of carbonyl (C=O) groups excluding carboxylic acids is 1. The van der Waals surface area contributed by atoms with Crippen LogP contribution >= 0.6 is 0 Å². The van der Waals surface area contributed by atoms with Crippen LogP contribution in [-0.4, -0.2) is 11.6 Å². The summed E-state index contributed by atoms with van der Waals surface area (Å²) in [6.45, 7) is 3.40. The molecule has 1 saturated carbocycles. The van der Waals surface area contributed by atoms with Crippen LogP contribution in [0.4, 0.5) is 4.39 Å². The molecule has 2 nitrogen and oxygen atoms in total. The van der Waals surface area contributed by atoms with Crippen molar-refractivity contribution in [3.05, 3.63) is 0 Å². The van der Waals surface area contributed by atoms with Crippen molar-refractivity contribution < 1.29 is 9.18 Å². The fourth-order valence-electron chi connectivity index (χ4n) is 1.36. The molecule has 0 spiro atoms. The smallest absolute Gasteiger partial charge is 0.255 e. The van der Waals surface area contributed by atoms with Gasteiger partial charge in [-0.25, -0.2) is 4.39 Å². The predicted octanol–water partition coefficient (Wildman–Crippen LogP) is 1.64. The van der Waals surface area contributed by atoms with Crippen molar-refractivity contribution in [2.24, 2.45) is 17.6 Å². The number of alkyl halides is 1. The Bertz CT molecular complexity index is 189. The van der Waals surface area contributed by atoms with Crippen molar-refractivity contribution in [3.8, 4) is 0 Å². The zero-order chi connectivity index (χ0) is 9.35. The molecular formula is C9H16FNO. The van der Waals surface area contributed by atoms with Crippen molar-refractivity contribution in [1.29, 1.82) is 0 Å². The minimum Gasteiger partial charge on any atom is -0.367 e. The lowest BCUT2D eigenvalue weighted by Gasteiger charge is -2.25. The normalized spacial score (nSPS) is 22.3. The number of carbonyl (C=O) groups is 1. The number of halogens is 1. The number of primary amides is 1. The number of amides is 1. The van der Waals surface area contributed by atoms with Crippen LogP contribution in [0, 0.1) is 11.8 Å². The molecule has 0 bridgehead atoms. The fraction of sp³-hybridized carbons (Fsp3) is 0.889. The van der Waals surface area contributed by atoms with Gasteiger partial charge in [-0.1, -0.05) is 26.7 Å². The Hall–Kier alpha value is -0.600. The molecule has 0 aromatic rings. The maximum absolute atomic E-state index is 13.9. The molecular weight excluding hydrogens is 157 g/mol. The van der Waals surface area contributed by atoms with Gasteiger partial charge in [-0.2, -0.15) is 0 Å². The molecule has 0 radical (unpaired) electrons. The van der Waals surface area contributed by atoms with Gasteiger partial charge in [-0.05, 0) is 18.3 Å². The van der Waals surface area contributed by atoms with Gasteiger partial charge in [0.05, 0.1) is 0 Å². The first-order valence-electron chi connectivity index (χ1n) is 4.45. The second-order valence-electron chi connectivity index (χ2n) is 4.03. The van der Waals surface area contributed by atoms with Gasteiger partial charge in [0.2, 0.25) is 0 Å². The zero-order valence-corrected chi connectivity index (χ0v) is 7.64. The summed E-state index contributed by atoms with van der Waals surface area (Å²) in [5.74, 6) is -0.718. The molecule has 1 aliphatic rings. The summed E-state index contributed by atoms with van der Waals surface area (Å²) in [6.07, 6.45) is 2.41. The lowest BCUT2D eigenvalue weighted by molar-refractivity contribution is -0.133. The molecule has 1 aliphatic carbocycles. The Morgan fingerprint density at radius 2 is 2.17 bits per heavy atom. The minimum absolute atomic E-state index is 0.310. The molecule has 0 aliphatic heterocycles. The van der Waals surface area contributed by atoms with E-state index in [-0.39, 0.29) is 5.92 Å². The first-order chi connectivity index (χ1) is 5.47. The second-order valence-corrected chi connectivity index (χ2v) is 4.03. The summed E-state index contributed by atoms with van der Waals surface area (Å²) < 4.78 is 13.9. The molecule has 1 amide bonds. The topological polar surface area (TPSA) is 43.1 Å². The zero-order valence-electron chi connectivity index (χ0n) is 7.64. The number of rotatable bonds is 4. The van der Waals surface area contributed by atoms with Crippen LogP contribution < -0.4 is 5.73 Å². The van der Waals surface area contributed by atoms with Crippen molar-refractivity contribution in [3.63, 3.8) is 0 Å². The molecule has 1 unspecified atom stereocenters. The highest BCUT2D eigenvalue weighted by Crippen LogP contribution is 2.41. The third-order valence-corrected chi connectivity index (χ3v) is 2.61. The average molecular weight is 173 g/mol. The van der Waals surface area contributed by atoms with Crippen molar-refractivity contribution in [2.45, 2.75) is 38.8 Å². The van der Waals surface area contributed by atoms with Crippen LogP contribution in [0.15, 0.2) is 0 Å². The standard InChI is InChI=1S/C9H16FNO/c1-6(2)9(10,8(11)12)5-7-3-4-7/h6-7H,3-5H2,1-2H3,(H2,11,12). The summed E-state index contributed by atoms with van der Waals surface area (Å²) in [5, 5.41) is 0. The van der Waals surface area contributed by atoms with Crippen LogP contribution in [0.1, 0.15) is 33.1 Å². The number of nitrogens with two attached hydrogens (primary N) is 1. The van der Waals surface area contributed by atoms with Gasteiger partial charge in [-0.3, -0.25) is 4.79 Å². The van der Waals surface area contributed by atoms with Gasteiger partial charge in [0.15, 0.2) is 5.67 Å². The van der Waals surface area contributed by atoms with Gasteiger partial charge < -0.3 is 5.73 Å². The van der Waals surface area contributed by atoms with Crippen molar-refractivity contribution in [2.75, 3.05) is 0 Å². The Morgan fingerprint density at radius 3 is 2.42 bits per heavy atom. The van der Waals surface area contributed by atoms with Crippen molar-refractivity contribution >= 4 is 5.91 Å². The van der Waals surface area contributed by atoms with Crippen LogP contribution in [-0.2, 0) is 4.79 Å². The highest BCUT2D eigenvalue weighted by molar-refractivity contribution is 5.83.